The molecule has 0 bridgehead atoms. The van der Waals surface area contributed by atoms with Crippen molar-refractivity contribution in [2.75, 3.05) is 6.61 Å². The van der Waals surface area contributed by atoms with Crippen molar-refractivity contribution in [2.45, 2.75) is 45.2 Å². The largest absolute Gasteiger partial charge is 0.396 e. The van der Waals surface area contributed by atoms with Gasteiger partial charge in [-0.3, -0.25) is 4.68 Å². The third-order valence-electron chi connectivity index (χ3n) is 2.83. The lowest BCUT2D eigenvalue weighted by atomic mass is 9.96. The van der Waals surface area contributed by atoms with Crippen LogP contribution < -0.4 is 5.32 Å². The van der Waals surface area contributed by atoms with Gasteiger partial charge in [0.15, 0.2) is 0 Å². The fraction of sp³-hybridized carbons (Fsp3) is 0.750. The molecule has 0 radical (unpaired) electrons. The molecule has 0 saturated carbocycles. The predicted molar refractivity (Wildman–Crippen MR) is 65.2 cm³/mol. The molecule has 1 rings (SSSR count). The van der Waals surface area contributed by atoms with Crippen molar-refractivity contribution in [2.24, 2.45) is 7.05 Å². The Morgan fingerprint density at radius 3 is 2.75 bits per heavy atom. The van der Waals surface area contributed by atoms with Gasteiger partial charge in [0.05, 0.1) is 6.20 Å². The molecule has 0 amide bonds. The lowest BCUT2D eigenvalue weighted by Crippen LogP contribution is -2.42. The molecule has 4 nitrogen and oxygen atoms in total. The van der Waals surface area contributed by atoms with Crippen molar-refractivity contribution < 1.29 is 5.11 Å². The van der Waals surface area contributed by atoms with E-state index in [2.05, 4.69) is 31.2 Å². The number of aromatic nitrogens is 2. The Kier molecular flexibility index (Phi) is 4.50. The van der Waals surface area contributed by atoms with E-state index in [4.69, 9.17) is 5.11 Å². The van der Waals surface area contributed by atoms with Gasteiger partial charge >= 0.3 is 0 Å². The van der Waals surface area contributed by atoms with Gasteiger partial charge in [0, 0.05) is 37.0 Å². The number of nitrogens with one attached hydrogen (secondary N) is 1. The van der Waals surface area contributed by atoms with Crippen LogP contribution in [0.15, 0.2) is 12.4 Å². The molecule has 2 N–H and O–H groups in total. The van der Waals surface area contributed by atoms with E-state index in [-0.39, 0.29) is 12.1 Å². The summed E-state index contributed by atoms with van der Waals surface area (Å²) in [4.78, 5) is 0. The van der Waals surface area contributed by atoms with Crippen LogP contribution in [0.4, 0.5) is 0 Å². The summed E-state index contributed by atoms with van der Waals surface area (Å²) in [6.07, 6.45) is 5.76. The summed E-state index contributed by atoms with van der Waals surface area (Å²) in [5, 5.41) is 16.5. The minimum absolute atomic E-state index is 0.0802. The molecule has 0 aliphatic carbocycles. The number of aryl methyl sites for hydroxylation is 1. The molecule has 1 aromatic rings. The summed E-state index contributed by atoms with van der Waals surface area (Å²) >= 11 is 0. The first-order valence-corrected chi connectivity index (χ1v) is 5.83. The number of aliphatic hydroxyl groups is 1. The number of aliphatic hydroxyl groups excluding tert-OH is 1. The van der Waals surface area contributed by atoms with Gasteiger partial charge in [0.1, 0.15) is 0 Å². The van der Waals surface area contributed by atoms with E-state index >= 15 is 0 Å². The van der Waals surface area contributed by atoms with E-state index in [9.17, 15) is 0 Å². The summed E-state index contributed by atoms with van der Waals surface area (Å²) in [7, 11) is 1.93. The van der Waals surface area contributed by atoms with Crippen LogP contribution >= 0.6 is 0 Å². The van der Waals surface area contributed by atoms with E-state index in [1.807, 2.05) is 24.1 Å². The van der Waals surface area contributed by atoms with Crippen LogP contribution in [0.5, 0.6) is 0 Å². The van der Waals surface area contributed by atoms with Gasteiger partial charge in [0.25, 0.3) is 0 Å². The van der Waals surface area contributed by atoms with Crippen LogP contribution in [-0.4, -0.2) is 27.5 Å². The molecule has 0 saturated heterocycles. The Morgan fingerprint density at radius 1 is 1.56 bits per heavy atom. The Labute approximate surface area is 97.7 Å². The molecule has 1 atom stereocenters. The maximum Gasteiger partial charge on any atom is 0.0540 e. The van der Waals surface area contributed by atoms with Crippen molar-refractivity contribution in [1.82, 2.24) is 15.1 Å². The van der Waals surface area contributed by atoms with E-state index in [0.29, 0.717) is 6.04 Å². The average molecular weight is 225 g/mol. The first-order chi connectivity index (χ1) is 7.45. The first-order valence-electron chi connectivity index (χ1n) is 5.83. The monoisotopic (exact) mass is 225 g/mol. The molecule has 1 heterocycles. The molecule has 0 spiro atoms. The van der Waals surface area contributed by atoms with Gasteiger partial charge in [-0.05, 0) is 33.6 Å². The molecule has 0 aliphatic heterocycles. The Bertz CT molecular complexity index is 320. The summed E-state index contributed by atoms with van der Waals surface area (Å²) in [6.45, 7) is 6.71. The fourth-order valence-electron chi connectivity index (χ4n) is 1.91. The third kappa shape index (κ3) is 3.61. The second-order valence-corrected chi connectivity index (χ2v) is 4.94. The van der Waals surface area contributed by atoms with Crippen LogP contribution in [-0.2, 0) is 12.6 Å². The van der Waals surface area contributed by atoms with Gasteiger partial charge in [-0.2, -0.15) is 5.10 Å². The standard InChI is InChI=1S/C12H23N3O/c1-10(6-5-7-16)14-12(2,3)11-8-13-15(4)9-11/h8-10,14,16H,5-7H2,1-4H3. The molecule has 0 fully saturated rings. The first kappa shape index (κ1) is 13.2. The highest BCUT2D eigenvalue weighted by Gasteiger charge is 2.23. The van der Waals surface area contributed by atoms with Gasteiger partial charge in [-0.15, -0.1) is 0 Å². The van der Waals surface area contributed by atoms with Crippen LogP contribution in [0.3, 0.4) is 0 Å². The maximum atomic E-state index is 8.79. The van der Waals surface area contributed by atoms with Crippen LogP contribution in [0.25, 0.3) is 0 Å². The van der Waals surface area contributed by atoms with Gasteiger partial charge < -0.3 is 10.4 Å². The lowest BCUT2D eigenvalue weighted by molar-refractivity contribution is 0.264. The second-order valence-electron chi connectivity index (χ2n) is 4.94. The molecular formula is C12H23N3O. The average Bonchev–Trinajstić information content (AvgIpc) is 2.62. The second kappa shape index (κ2) is 5.46. The minimum Gasteiger partial charge on any atom is -0.396 e. The highest BCUT2D eigenvalue weighted by atomic mass is 16.2. The van der Waals surface area contributed by atoms with E-state index < -0.39 is 0 Å². The molecule has 4 heteroatoms. The third-order valence-corrected chi connectivity index (χ3v) is 2.83. The quantitative estimate of drug-likeness (QED) is 0.769. The zero-order valence-corrected chi connectivity index (χ0v) is 10.7. The normalized spacial score (nSPS) is 14.1. The SMILES string of the molecule is CC(CCCO)NC(C)(C)c1cnn(C)c1. The summed E-state index contributed by atoms with van der Waals surface area (Å²) in [5.74, 6) is 0. The fourth-order valence-corrected chi connectivity index (χ4v) is 1.91. The van der Waals surface area contributed by atoms with Crippen molar-refractivity contribution in [3.05, 3.63) is 18.0 Å². The Hall–Kier alpha value is -0.870. The summed E-state index contributed by atoms with van der Waals surface area (Å²) in [6, 6.07) is 0.391. The molecular weight excluding hydrogens is 202 g/mol. The smallest absolute Gasteiger partial charge is 0.0540 e. The Balaban J connectivity index is 2.57. The van der Waals surface area contributed by atoms with E-state index in [0.717, 1.165) is 12.8 Å². The van der Waals surface area contributed by atoms with Crippen molar-refractivity contribution in [3.63, 3.8) is 0 Å². The molecule has 16 heavy (non-hydrogen) atoms. The van der Waals surface area contributed by atoms with E-state index in [1.54, 1.807) is 0 Å². The minimum atomic E-state index is -0.0802. The Morgan fingerprint density at radius 2 is 2.25 bits per heavy atom. The highest BCUT2D eigenvalue weighted by Crippen LogP contribution is 2.20. The molecule has 0 aliphatic rings. The van der Waals surface area contributed by atoms with Gasteiger partial charge in [-0.25, -0.2) is 0 Å². The highest BCUT2D eigenvalue weighted by molar-refractivity contribution is 5.15. The maximum absolute atomic E-state index is 8.79. The summed E-state index contributed by atoms with van der Waals surface area (Å²) in [5.41, 5.74) is 1.11. The van der Waals surface area contributed by atoms with Crippen LogP contribution in [0.2, 0.25) is 0 Å². The van der Waals surface area contributed by atoms with Crippen molar-refractivity contribution >= 4 is 0 Å². The number of nitrogens with zero attached hydrogens (tertiary/aromatic N) is 2. The topological polar surface area (TPSA) is 50.1 Å². The zero-order chi connectivity index (χ0) is 12.2. The van der Waals surface area contributed by atoms with Crippen molar-refractivity contribution in [1.29, 1.82) is 0 Å². The van der Waals surface area contributed by atoms with Gasteiger partial charge in [0.2, 0.25) is 0 Å². The zero-order valence-electron chi connectivity index (χ0n) is 10.7. The molecule has 1 aromatic heterocycles. The molecule has 92 valence electrons. The number of hydrogen-bond donors (Lipinski definition) is 2. The summed E-state index contributed by atoms with van der Waals surface area (Å²) < 4.78 is 1.82. The van der Waals surface area contributed by atoms with Crippen LogP contribution in [0.1, 0.15) is 39.2 Å². The van der Waals surface area contributed by atoms with Crippen LogP contribution in [0, 0.1) is 0 Å². The molecule has 0 aromatic carbocycles. The lowest BCUT2D eigenvalue weighted by Gasteiger charge is -2.29. The predicted octanol–water partition coefficient (Wildman–Crippen LogP) is 1.41. The molecule has 1 unspecified atom stereocenters. The van der Waals surface area contributed by atoms with E-state index in [1.165, 1.54) is 5.56 Å². The number of hydrogen-bond acceptors (Lipinski definition) is 3. The van der Waals surface area contributed by atoms with Crippen molar-refractivity contribution in [3.8, 4) is 0 Å². The number of rotatable bonds is 6. The van der Waals surface area contributed by atoms with Gasteiger partial charge in [-0.1, -0.05) is 0 Å².